The molecule has 3 aromatic rings. The van der Waals surface area contributed by atoms with E-state index < -0.39 is 23.4 Å². The lowest BCUT2D eigenvalue weighted by molar-refractivity contribution is -0.116. The summed E-state index contributed by atoms with van der Waals surface area (Å²) in [7, 11) is 0. The van der Waals surface area contributed by atoms with Crippen molar-refractivity contribution < 1.29 is 18.4 Å². The second-order valence-corrected chi connectivity index (χ2v) is 6.04. The Kier molecular flexibility index (Phi) is 6.06. The Morgan fingerprint density at radius 2 is 1.11 bits per heavy atom. The van der Waals surface area contributed by atoms with E-state index >= 15 is 0 Å². The Balaban J connectivity index is 1.60. The van der Waals surface area contributed by atoms with Gasteiger partial charge in [-0.3, -0.25) is 9.59 Å². The van der Waals surface area contributed by atoms with Gasteiger partial charge >= 0.3 is 0 Å². The van der Waals surface area contributed by atoms with Crippen molar-refractivity contribution in [3.63, 3.8) is 0 Å². The van der Waals surface area contributed by atoms with Crippen molar-refractivity contribution >= 4 is 23.5 Å². The Hall–Kier alpha value is -3.61. The van der Waals surface area contributed by atoms with Crippen molar-refractivity contribution in [1.82, 2.24) is 4.98 Å². The highest BCUT2D eigenvalue weighted by molar-refractivity contribution is 5.93. The zero-order chi connectivity index (χ0) is 19.9. The third kappa shape index (κ3) is 5.20. The van der Waals surface area contributed by atoms with E-state index in [1.807, 2.05) is 0 Å². The van der Waals surface area contributed by atoms with E-state index in [2.05, 4.69) is 15.6 Å². The van der Waals surface area contributed by atoms with Crippen molar-refractivity contribution in [2.24, 2.45) is 0 Å². The summed E-state index contributed by atoms with van der Waals surface area (Å²) in [5.74, 6) is -1.37. The third-order valence-corrected chi connectivity index (χ3v) is 3.90. The largest absolute Gasteiger partial charge is 0.310 e. The summed E-state index contributed by atoms with van der Waals surface area (Å²) in [6.07, 6.45) is -0.281. The topological polar surface area (TPSA) is 71.1 Å². The first-order chi connectivity index (χ1) is 13.5. The van der Waals surface area contributed by atoms with Crippen LogP contribution in [0, 0.1) is 11.6 Å². The molecule has 1 aromatic heterocycles. The molecule has 0 spiro atoms. The van der Waals surface area contributed by atoms with Gasteiger partial charge in [-0.1, -0.05) is 42.5 Å². The van der Waals surface area contributed by atoms with E-state index in [9.17, 15) is 18.4 Å². The number of rotatable bonds is 6. The molecule has 2 amide bonds. The molecule has 0 aliphatic carbocycles. The molecule has 0 atom stereocenters. The van der Waals surface area contributed by atoms with Crippen LogP contribution in [0.2, 0.25) is 0 Å². The molecule has 0 aliphatic rings. The second-order valence-electron chi connectivity index (χ2n) is 6.04. The Bertz CT molecular complexity index is 931. The zero-order valence-electron chi connectivity index (χ0n) is 14.8. The molecule has 1 heterocycles. The predicted molar refractivity (Wildman–Crippen MR) is 102 cm³/mol. The highest BCUT2D eigenvalue weighted by Crippen LogP contribution is 2.13. The number of nitrogens with zero attached hydrogens (tertiary/aromatic N) is 1. The van der Waals surface area contributed by atoms with Gasteiger partial charge in [0.15, 0.2) is 0 Å². The van der Waals surface area contributed by atoms with Crippen LogP contribution in [0.4, 0.5) is 20.4 Å². The molecule has 0 aliphatic heterocycles. The fraction of sp³-hybridized carbons (Fsp3) is 0.0952. The summed E-state index contributed by atoms with van der Waals surface area (Å²) in [5, 5.41) is 5.12. The molecule has 142 valence electrons. The lowest BCUT2D eigenvalue weighted by atomic mass is 10.1. The summed E-state index contributed by atoms with van der Waals surface area (Å²) in [5.41, 5.74) is 0.545. The molecule has 2 N–H and O–H groups in total. The van der Waals surface area contributed by atoms with E-state index in [4.69, 9.17) is 0 Å². The van der Waals surface area contributed by atoms with Crippen molar-refractivity contribution in [3.8, 4) is 0 Å². The number of aromatic nitrogens is 1. The summed E-state index contributed by atoms with van der Waals surface area (Å²) in [4.78, 5) is 28.3. The number of amides is 2. The molecule has 5 nitrogen and oxygen atoms in total. The average molecular weight is 381 g/mol. The van der Waals surface area contributed by atoms with Crippen molar-refractivity contribution in [3.05, 3.63) is 89.5 Å². The Labute approximate surface area is 160 Å². The molecule has 28 heavy (non-hydrogen) atoms. The van der Waals surface area contributed by atoms with Gasteiger partial charge in [0.1, 0.15) is 23.3 Å². The molecule has 0 saturated carbocycles. The van der Waals surface area contributed by atoms with Crippen LogP contribution in [-0.4, -0.2) is 16.8 Å². The van der Waals surface area contributed by atoms with E-state index in [0.717, 1.165) is 0 Å². The van der Waals surface area contributed by atoms with Crippen LogP contribution in [0.5, 0.6) is 0 Å². The minimum Gasteiger partial charge on any atom is -0.310 e. The Morgan fingerprint density at radius 3 is 1.54 bits per heavy atom. The number of pyridine rings is 1. The van der Waals surface area contributed by atoms with Gasteiger partial charge in [0, 0.05) is 0 Å². The van der Waals surface area contributed by atoms with Gasteiger partial charge in [-0.05, 0) is 35.4 Å². The highest BCUT2D eigenvalue weighted by Gasteiger charge is 2.11. The fourth-order valence-electron chi connectivity index (χ4n) is 2.58. The summed E-state index contributed by atoms with van der Waals surface area (Å²) >= 11 is 0. The lowest BCUT2D eigenvalue weighted by Gasteiger charge is -2.09. The van der Waals surface area contributed by atoms with E-state index in [-0.39, 0.29) is 35.6 Å². The first-order valence-corrected chi connectivity index (χ1v) is 8.55. The summed E-state index contributed by atoms with van der Waals surface area (Å²) in [6.45, 7) is 0. The standard InChI is InChI=1S/C21H17F2N3O2/c22-16-8-3-1-6-14(16)12-20(27)25-18-10-5-11-19(24-18)26-21(28)13-15-7-2-4-9-17(15)23/h1-11H,12-13H2,(H2,24,25,26,27,28). The number of anilines is 2. The van der Waals surface area contributed by atoms with Crippen molar-refractivity contribution in [2.75, 3.05) is 10.6 Å². The van der Waals surface area contributed by atoms with Gasteiger partial charge < -0.3 is 10.6 Å². The predicted octanol–water partition coefficient (Wildman–Crippen LogP) is 3.72. The molecule has 0 saturated heterocycles. The molecular weight excluding hydrogens is 364 g/mol. The molecule has 0 radical (unpaired) electrons. The maximum atomic E-state index is 13.6. The number of halogens is 2. The van der Waals surface area contributed by atoms with Crippen LogP contribution in [0.3, 0.4) is 0 Å². The normalized spacial score (nSPS) is 10.4. The number of hydrogen-bond donors (Lipinski definition) is 2. The quantitative estimate of drug-likeness (QED) is 0.684. The van der Waals surface area contributed by atoms with E-state index in [1.54, 1.807) is 42.5 Å². The van der Waals surface area contributed by atoms with Crippen LogP contribution in [0.25, 0.3) is 0 Å². The number of carbonyl (C=O) groups excluding carboxylic acids is 2. The smallest absolute Gasteiger partial charge is 0.230 e. The minimum atomic E-state index is -0.459. The van der Waals surface area contributed by atoms with Gasteiger partial charge in [0.25, 0.3) is 0 Å². The van der Waals surface area contributed by atoms with Gasteiger partial charge in [0.2, 0.25) is 11.8 Å². The van der Waals surface area contributed by atoms with Crippen LogP contribution < -0.4 is 10.6 Å². The van der Waals surface area contributed by atoms with Crippen LogP contribution in [-0.2, 0) is 22.4 Å². The molecule has 2 aromatic carbocycles. The maximum absolute atomic E-state index is 13.6. The van der Waals surface area contributed by atoms with Gasteiger partial charge in [0.05, 0.1) is 12.8 Å². The molecule has 0 bridgehead atoms. The van der Waals surface area contributed by atoms with Gasteiger partial charge in [-0.15, -0.1) is 0 Å². The number of nitrogens with one attached hydrogen (secondary N) is 2. The molecule has 0 unspecified atom stereocenters. The lowest BCUT2D eigenvalue weighted by Crippen LogP contribution is -2.18. The highest BCUT2D eigenvalue weighted by atomic mass is 19.1. The average Bonchev–Trinajstić information content (AvgIpc) is 2.66. The first kappa shape index (κ1) is 19.2. The number of benzene rings is 2. The fourth-order valence-corrected chi connectivity index (χ4v) is 2.58. The van der Waals surface area contributed by atoms with E-state index in [1.165, 1.54) is 24.3 Å². The molecule has 3 rings (SSSR count). The number of carbonyl (C=O) groups is 2. The van der Waals surface area contributed by atoms with Gasteiger partial charge in [-0.25, -0.2) is 13.8 Å². The SMILES string of the molecule is O=C(Cc1ccccc1F)Nc1cccc(NC(=O)Cc2ccccc2F)n1. The van der Waals surface area contributed by atoms with Crippen LogP contribution in [0.1, 0.15) is 11.1 Å². The Morgan fingerprint density at radius 1 is 0.679 bits per heavy atom. The summed E-state index contributed by atoms with van der Waals surface area (Å²) < 4.78 is 27.3. The molecule has 7 heteroatoms. The van der Waals surface area contributed by atoms with Crippen LogP contribution >= 0.6 is 0 Å². The van der Waals surface area contributed by atoms with Gasteiger partial charge in [-0.2, -0.15) is 0 Å². The maximum Gasteiger partial charge on any atom is 0.230 e. The monoisotopic (exact) mass is 381 g/mol. The summed E-state index contributed by atoms with van der Waals surface area (Å²) in [6, 6.07) is 16.7. The molecular formula is C21H17F2N3O2. The van der Waals surface area contributed by atoms with Crippen molar-refractivity contribution in [1.29, 1.82) is 0 Å². The molecule has 0 fully saturated rings. The minimum absolute atomic E-state index is 0.141. The zero-order valence-corrected chi connectivity index (χ0v) is 14.8. The van der Waals surface area contributed by atoms with E-state index in [0.29, 0.717) is 0 Å². The second kappa shape index (κ2) is 8.85. The number of hydrogen-bond acceptors (Lipinski definition) is 3. The van der Waals surface area contributed by atoms with Crippen molar-refractivity contribution in [2.45, 2.75) is 12.8 Å². The van der Waals surface area contributed by atoms with Crippen LogP contribution in [0.15, 0.2) is 66.7 Å². The first-order valence-electron chi connectivity index (χ1n) is 8.55. The third-order valence-electron chi connectivity index (χ3n) is 3.90.